The zero-order valence-corrected chi connectivity index (χ0v) is 9.28. The van der Waals surface area contributed by atoms with E-state index in [1.54, 1.807) is 6.07 Å². The van der Waals surface area contributed by atoms with Crippen molar-refractivity contribution >= 4 is 23.2 Å². The van der Waals surface area contributed by atoms with Crippen LogP contribution in [0.3, 0.4) is 0 Å². The van der Waals surface area contributed by atoms with E-state index in [0.717, 1.165) is 6.20 Å². The first-order valence-electron chi connectivity index (χ1n) is 4.68. The van der Waals surface area contributed by atoms with Crippen LogP contribution in [0.25, 0.3) is 0 Å². The van der Waals surface area contributed by atoms with Gasteiger partial charge in [-0.15, -0.1) is 0 Å². The molecule has 86 valence electrons. The van der Waals surface area contributed by atoms with Crippen molar-refractivity contribution in [3.8, 4) is 0 Å². The first-order chi connectivity index (χ1) is 8.15. The van der Waals surface area contributed by atoms with Crippen LogP contribution < -0.4 is 5.32 Å². The molecule has 0 atom stereocenters. The lowest BCUT2D eigenvalue weighted by Crippen LogP contribution is -2.13. The number of carbonyl (C=O) groups excluding carboxylic acids is 1. The van der Waals surface area contributed by atoms with Gasteiger partial charge in [-0.2, -0.15) is 0 Å². The van der Waals surface area contributed by atoms with Crippen molar-refractivity contribution in [1.29, 1.82) is 0 Å². The van der Waals surface area contributed by atoms with Crippen LogP contribution in [0.2, 0.25) is 5.02 Å². The van der Waals surface area contributed by atoms with E-state index in [2.05, 4.69) is 15.3 Å². The number of anilines is 1. The number of rotatable bonds is 2. The van der Waals surface area contributed by atoms with Gasteiger partial charge in [-0.05, 0) is 12.1 Å². The molecule has 1 amide bonds. The highest BCUT2D eigenvalue weighted by molar-refractivity contribution is 6.30. The Kier molecular flexibility index (Phi) is 3.30. The first kappa shape index (κ1) is 11.5. The summed E-state index contributed by atoms with van der Waals surface area (Å²) in [7, 11) is 0. The molecule has 4 nitrogen and oxygen atoms in total. The molecule has 0 aliphatic rings. The van der Waals surface area contributed by atoms with Crippen LogP contribution in [-0.2, 0) is 0 Å². The largest absolute Gasteiger partial charge is 0.319 e. The summed E-state index contributed by atoms with van der Waals surface area (Å²) in [6.07, 6.45) is 3.76. The molecular weight excluding hydrogens is 245 g/mol. The summed E-state index contributed by atoms with van der Waals surface area (Å²) < 4.78 is 12.8. The summed E-state index contributed by atoms with van der Waals surface area (Å²) in [4.78, 5) is 19.1. The molecule has 0 unspecified atom stereocenters. The number of hydrogen-bond acceptors (Lipinski definition) is 3. The molecule has 2 aromatic rings. The quantitative estimate of drug-likeness (QED) is 0.892. The van der Waals surface area contributed by atoms with Crippen LogP contribution in [0.1, 0.15) is 10.5 Å². The van der Waals surface area contributed by atoms with Crippen LogP contribution in [0, 0.1) is 5.82 Å². The number of nitrogens with one attached hydrogen (secondary N) is 1. The molecule has 1 N–H and O–H groups in total. The second-order valence-electron chi connectivity index (χ2n) is 3.21. The fourth-order valence-corrected chi connectivity index (χ4v) is 1.30. The molecule has 0 spiro atoms. The fourth-order valence-electron chi connectivity index (χ4n) is 1.19. The molecule has 17 heavy (non-hydrogen) atoms. The van der Waals surface area contributed by atoms with Gasteiger partial charge in [0, 0.05) is 12.3 Å². The molecule has 2 heterocycles. The van der Waals surface area contributed by atoms with Crippen molar-refractivity contribution in [3.05, 3.63) is 53.3 Å². The highest BCUT2D eigenvalue weighted by atomic mass is 35.5. The fraction of sp³-hybridized carbons (Fsp3) is 0. The molecule has 2 rings (SSSR count). The minimum Gasteiger partial charge on any atom is -0.319 e. The molecule has 2 aromatic heterocycles. The highest BCUT2D eigenvalue weighted by Gasteiger charge is 2.07. The molecule has 0 aliphatic heterocycles. The second kappa shape index (κ2) is 4.88. The van der Waals surface area contributed by atoms with Crippen LogP contribution >= 0.6 is 11.6 Å². The molecule has 0 aromatic carbocycles. The number of carbonyl (C=O) groups is 1. The molecule has 0 bridgehead atoms. The average Bonchev–Trinajstić information content (AvgIpc) is 2.29. The standard InChI is InChI=1S/C11H7ClFN3O/c12-7-1-2-10(15-4-7)11(17)16-9-3-8(13)5-14-6-9/h1-6H,(H,16,17). The van der Waals surface area contributed by atoms with Crippen LogP contribution in [0.5, 0.6) is 0 Å². The minimum absolute atomic E-state index is 0.193. The third-order valence-electron chi connectivity index (χ3n) is 1.92. The minimum atomic E-state index is -0.521. The van der Waals surface area contributed by atoms with E-state index in [9.17, 15) is 9.18 Å². The topological polar surface area (TPSA) is 54.9 Å². The monoisotopic (exact) mass is 251 g/mol. The van der Waals surface area contributed by atoms with Gasteiger partial charge in [0.15, 0.2) is 0 Å². The van der Waals surface area contributed by atoms with Crippen molar-refractivity contribution in [2.45, 2.75) is 0 Å². The van der Waals surface area contributed by atoms with Gasteiger partial charge >= 0.3 is 0 Å². The van der Waals surface area contributed by atoms with Gasteiger partial charge in [-0.3, -0.25) is 9.78 Å². The Morgan fingerprint density at radius 2 is 2.12 bits per heavy atom. The number of halogens is 2. The Balaban J connectivity index is 2.14. The number of nitrogens with zero attached hydrogens (tertiary/aromatic N) is 2. The van der Waals surface area contributed by atoms with Crippen molar-refractivity contribution in [2.75, 3.05) is 5.32 Å². The predicted octanol–water partition coefficient (Wildman–Crippen LogP) is 2.52. The summed E-state index contributed by atoms with van der Waals surface area (Å²) in [5.74, 6) is -0.971. The van der Waals surface area contributed by atoms with Crippen LogP contribution in [-0.4, -0.2) is 15.9 Å². The van der Waals surface area contributed by atoms with Gasteiger partial charge < -0.3 is 5.32 Å². The molecule has 0 saturated carbocycles. The maximum absolute atomic E-state index is 12.8. The van der Waals surface area contributed by atoms with E-state index in [4.69, 9.17) is 11.6 Å². The van der Waals surface area contributed by atoms with Gasteiger partial charge in [0.25, 0.3) is 5.91 Å². The molecule has 0 aliphatic carbocycles. The maximum Gasteiger partial charge on any atom is 0.274 e. The molecule has 6 heteroatoms. The number of aromatic nitrogens is 2. The number of pyridine rings is 2. The van der Waals surface area contributed by atoms with E-state index in [-0.39, 0.29) is 11.4 Å². The Morgan fingerprint density at radius 1 is 1.29 bits per heavy atom. The summed E-state index contributed by atoms with van der Waals surface area (Å²) in [6.45, 7) is 0. The van der Waals surface area contributed by atoms with Crippen LogP contribution in [0.15, 0.2) is 36.8 Å². The van der Waals surface area contributed by atoms with Crippen LogP contribution in [0.4, 0.5) is 10.1 Å². The number of amides is 1. The highest BCUT2D eigenvalue weighted by Crippen LogP contribution is 2.10. The third-order valence-corrected chi connectivity index (χ3v) is 2.15. The second-order valence-corrected chi connectivity index (χ2v) is 3.64. The first-order valence-corrected chi connectivity index (χ1v) is 5.06. The normalized spacial score (nSPS) is 10.0. The lowest BCUT2D eigenvalue weighted by atomic mass is 10.3. The third kappa shape index (κ3) is 2.98. The van der Waals surface area contributed by atoms with Gasteiger partial charge in [0.2, 0.25) is 0 Å². The van der Waals surface area contributed by atoms with Gasteiger partial charge in [-0.1, -0.05) is 11.6 Å². The van der Waals surface area contributed by atoms with E-state index in [1.807, 2.05) is 0 Å². The Bertz CT molecular complexity index is 545. The van der Waals surface area contributed by atoms with Crippen molar-refractivity contribution in [3.63, 3.8) is 0 Å². The molecular formula is C11H7ClFN3O. The zero-order chi connectivity index (χ0) is 12.3. The van der Waals surface area contributed by atoms with E-state index >= 15 is 0 Å². The molecule has 0 fully saturated rings. The Labute approximate surface area is 101 Å². The van der Waals surface area contributed by atoms with Gasteiger partial charge in [0.1, 0.15) is 11.5 Å². The summed E-state index contributed by atoms with van der Waals surface area (Å²) in [5, 5.41) is 2.91. The average molecular weight is 252 g/mol. The van der Waals surface area contributed by atoms with Crippen molar-refractivity contribution < 1.29 is 9.18 Å². The Morgan fingerprint density at radius 3 is 2.76 bits per heavy atom. The summed E-state index contributed by atoms with van der Waals surface area (Å²) >= 11 is 5.64. The smallest absolute Gasteiger partial charge is 0.274 e. The summed E-state index contributed by atoms with van der Waals surface area (Å²) in [6, 6.07) is 4.19. The molecule has 0 radical (unpaired) electrons. The number of hydrogen-bond donors (Lipinski definition) is 1. The van der Waals surface area contributed by atoms with E-state index in [1.165, 1.54) is 24.5 Å². The van der Waals surface area contributed by atoms with Gasteiger partial charge in [0.05, 0.1) is 23.1 Å². The van der Waals surface area contributed by atoms with Gasteiger partial charge in [-0.25, -0.2) is 9.37 Å². The molecule has 0 saturated heterocycles. The van der Waals surface area contributed by atoms with Crippen molar-refractivity contribution in [1.82, 2.24) is 9.97 Å². The van der Waals surface area contributed by atoms with E-state index < -0.39 is 11.7 Å². The SMILES string of the molecule is O=C(Nc1cncc(F)c1)c1ccc(Cl)cn1. The Hall–Kier alpha value is -2.01. The van der Waals surface area contributed by atoms with Crippen molar-refractivity contribution in [2.24, 2.45) is 0 Å². The lowest BCUT2D eigenvalue weighted by Gasteiger charge is -2.03. The summed E-state index contributed by atoms with van der Waals surface area (Å²) in [5.41, 5.74) is 0.463. The maximum atomic E-state index is 12.8. The zero-order valence-electron chi connectivity index (χ0n) is 8.52. The van der Waals surface area contributed by atoms with E-state index in [0.29, 0.717) is 5.02 Å². The lowest BCUT2D eigenvalue weighted by molar-refractivity contribution is 0.102. The predicted molar refractivity (Wildman–Crippen MR) is 61.4 cm³/mol.